The molecule has 0 aromatic rings. The molecule has 0 bridgehead atoms. The molecular weight excluding hydrogens is 187 g/mol. The minimum absolute atomic E-state index is 0.579. The van der Waals surface area contributed by atoms with Crippen molar-refractivity contribution in [3.05, 3.63) is 0 Å². The van der Waals surface area contributed by atoms with Crippen LogP contribution in [0.1, 0.15) is 0 Å². The van der Waals surface area contributed by atoms with E-state index < -0.39 is 8.38 Å². The third kappa shape index (κ3) is 4.04. The molecule has 10 heavy (non-hydrogen) atoms. The van der Waals surface area contributed by atoms with Crippen LogP contribution in [0.2, 0.25) is 0 Å². The van der Waals surface area contributed by atoms with Crippen molar-refractivity contribution < 1.29 is 9.05 Å². The van der Waals surface area contributed by atoms with Gasteiger partial charge in [0.2, 0.25) is 0 Å². The second kappa shape index (κ2) is 5.67. The zero-order valence-corrected chi connectivity index (χ0v) is 8.44. The zero-order valence-electron chi connectivity index (χ0n) is 5.91. The summed E-state index contributed by atoms with van der Waals surface area (Å²) in [6.07, 6.45) is 0. The Morgan fingerprint density at radius 2 is 1.60 bits per heavy atom. The van der Waals surface area contributed by atoms with Crippen molar-refractivity contribution in [2.24, 2.45) is 0 Å². The molecule has 0 radical (unpaired) electrons. The van der Waals surface area contributed by atoms with Crippen LogP contribution < -0.4 is 0 Å². The number of rotatable bonds is 0. The van der Waals surface area contributed by atoms with Crippen LogP contribution in [0.4, 0.5) is 0 Å². The zero-order chi connectivity index (χ0) is 7.23. The van der Waals surface area contributed by atoms with E-state index >= 15 is 0 Å². The standard InChI is InChI=1S/C5H11O2PS2/c1-8-6-2-4-9-10-5-3-7-8/h2-5H2,1H3. The monoisotopic (exact) mass is 198 g/mol. The van der Waals surface area contributed by atoms with Crippen LogP contribution >= 0.6 is 30.0 Å². The molecule has 1 aliphatic rings. The first-order chi connectivity index (χ1) is 4.89. The van der Waals surface area contributed by atoms with Gasteiger partial charge in [0.05, 0.1) is 13.2 Å². The normalized spacial score (nSPS) is 24.9. The van der Waals surface area contributed by atoms with Crippen LogP contribution in [0.15, 0.2) is 0 Å². The fourth-order valence-corrected chi connectivity index (χ4v) is 3.23. The van der Waals surface area contributed by atoms with Crippen LogP contribution in [0.25, 0.3) is 0 Å². The molecule has 0 aromatic carbocycles. The molecule has 0 N–H and O–H groups in total. The van der Waals surface area contributed by atoms with Gasteiger partial charge >= 0.3 is 0 Å². The highest BCUT2D eigenvalue weighted by Crippen LogP contribution is 2.36. The molecule has 0 atom stereocenters. The Bertz CT molecular complexity index is 83.7. The van der Waals surface area contributed by atoms with Gasteiger partial charge in [0, 0.05) is 18.2 Å². The highest BCUT2D eigenvalue weighted by atomic mass is 33.1. The Kier molecular flexibility index (Phi) is 5.18. The van der Waals surface area contributed by atoms with E-state index in [4.69, 9.17) is 9.05 Å². The molecule has 0 aliphatic carbocycles. The van der Waals surface area contributed by atoms with E-state index in [9.17, 15) is 0 Å². The van der Waals surface area contributed by atoms with Crippen molar-refractivity contribution >= 4 is 30.0 Å². The van der Waals surface area contributed by atoms with E-state index in [0.717, 1.165) is 24.7 Å². The lowest BCUT2D eigenvalue weighted by Gasteiger charge is -2.09. The van der Waals surface area contributed by atoms with Crippen LogP contribution in [0.5, 0.6) is 0 Å². The van der Waals surface area contributed by atoms with E-state index in [1.54, 1.807) is 0 Å². The molecule has 5 heteroatoms. The summed E-state index contributed by atoms with van der Waals surface area (Å²) in [6.45, 7) is 3.68. The van der Waals surface area contributed by atoms with Crippen molar-refractivity contribution in [3.63, 3.8) is 0 Å². The van der Waals surface area contributed by atoms with Crippen molar-refractivity contribution in [2.45, 2.75) is 0 Å². The van der Waals surface area contributed by atoms with Gasteiger partial charge in [-0.05, 0) is 0 Å². The number of hydrogen-bond acceptors (Lipinski definition) is 4. The van der Waals surface area contributed by atoms with E-state index in [1.165, 1.54) is 0 Å². The SMILES string of the molecule is CP1OCCSSCCO1. The average Bonchev–Trinajstić information content (AvgIpc) is 2.02. The molecule has 1 aliphatic heterocycles. The van der Waals surface area contributed by atoms with Crippen molar-refractivity contribution in [2.75, 3.05) is 31.4 Å². The smallest absolute Gasteiger partial charge is 0.167 e. The highest BCUT2D eigenvalue weighted by Gasteiger charge is 2.04. The molecular formula is C5H11O2PS2. The maximum Gasteiger partial charge on any atom is 0.167 e. The van der Waals surface area contributed by atoms with E-state index in [1.807, 2.05) is 28.3 Å². The fourth-order valence-electron chi connectivity index (χ4n) is 0.555. The van der Waals surface area contributed by atoms with Gasteiger partial charge in [-0.2, -0.15) is 0 Å². The van der Waals surface area contributed by atoms with E-state index in [2.05, 4.69) is 0 Å². The predicted molar refractivity (Wildman–Crippen MR) is 49.7 cm³/mol. The lowest BCUT2D eigenvalue weighted by molar-refractivity contribution is 0.278. The van der Waals surface area contributed by atoms with Crippen molar-refractivity contribution in [3.8, 4) is 0 Å². The molecule has 1 rings (SSSR count). The Morgan fingerprint density at radius 3 is 2.10 bits per heavy atom. The summed E-state index contributed by atoms with van der Waals surface area (Å²) in [6, 6.07) is 0. The molecule has 1 heterocycles. The second-order valence-electron chi connectivity index (χ2n) is 1.75. The Labute approximate surface area is 70.7 Å². The summed E-state index contributed by atoms with van der Waals surface area (Å²) in [5.74, 6) is 2.17. The maximum absolute atomic E-state index is 5.37. The summed E-state index contributed by atoms with van der Waals surface area (Å²) in [7, 11) is 3.15. The van der Waals surface area contributed by atoms with Gasteiger partial charge in [-0.25, -0.2) is 0 Å². The number of hydrogen-bond donors (Lipinski definition) is 0. The van der Waals surface area contributed by atoms with Gasteiger partial charge in [0.25, 0.3) is 0 Å². The van der Waals surface area contributed by atoms with Gasteiger partial charge in [-0.1, -0.05) is 21.6 Å². The topological polar surface area (TPSA) is 18.5 Å². The predicted octanol–water partition coefficient (Wildman–Crippen LogP) is 2.36. The molecule has 2 nitrogen and oxygen atoms in total. The Morgan fingerprint density at radius 1 is 1.10 bits per heavy atom. The van der Waals surface area contributed by atoms with Gasteiger partial charge in [-0.15, -0.1) is 0 Å². The summed E-state index contributed by atoms with van der Waals surface area (Å²) >= 11 is 0. The van der Waals surface area contributed by atoms with Crippen LogP contribution in [-0.2, 0) is 9.05 Å². The molecule has 0 unspecified atom stereocenters. The van der Waals surface area contributed by atoms with Crippen molar-refractivity contribution in [1.29, 1.82) is 0 Å². The van der Waals surface area contributed by atoms with Crippen LogP contribution in [0.3, 0.4) is 0 Å². The third-order valence-electron chi connectivity index (χ3n) is 0.963. The Hall–Kier alpha value is 1.05. The Balaban J connectivity index is 2.15. The maximum atomic E-state index is 5.37. The summed E-state index contributed by atoms with van der Waals surface area (Å²) < 4.78 is 10.7. The average molecular weight is 198 g/mol. The van der Waals surface area contributed by atoms with Gasteiger partial charge < -0.3 is 9.05 Å². The minimum atomic E-state index is -0.579. The fraction of sp³-hybridized carbons (Fsp3) is 1.00. The van der Waals surface area contributed by atoms with Gasteiger partial charge in [-0.3, -0.25) is 0 Å². The lowest BCUT2D eigenvalue weighted by atomic mass is 10.9. The molecule has 0 saturated carbocycles. The third-order valence-corrected chi connectivity index (χ3v) is 4.39. The molecule has 1 saturated heterocycles. The molecule has 0 spiro atoms. The van der Waals surface area contributed by atoms with Crippen LogP contribution in [-0.4, -0.2) is 31.4 Å². The quantitative estimate of drug-likeness (QED) is 0.439. The summed E-state index contributed by atoms with van der Waals surface area (Å²) in [4.78, 5) is 0. The van der Waals surface area contributed by atoms with E-state index in [0.29, 0.717) is 0 Å². The molecule has 0 amide bonds. The van der Waals surface area contributed by atoms with E-state index in [-0.39, 0.29) is 0 Å². The second-order valence-corrected chi connectivity index (χ2v) is 5.85. The lowest BCUT2D eigenvalue weighted by Crippen LogP contribution is -1.93. The molecule has 0 aromatic heterocycles. The first-order valence-electron chi connectivity index (χ1n) is 3.13. The van der Waals surface area contributed by atoms with Crippen LogP contribution in [0, 0.1) is 0 Å². The minimum Gasteiger partial charge on any atom is -0.333 e. The summed E-state index contributed by atoms with van der Waals surface area (Å²) in [5, 5.41) is 0. The largest absolute Gasteiger partial charge is 0.333 e. The molecule has 60 valence electrons. The first kappa shape index (κ1) is 9.14. The first-order valence-corrected chi connectivity index (χ1v) is 7.25. The highest BCUT2D eigenvalue weighted by molar-refractivity contribution is 8.76. The van der Waals surface area contributed by atoms with Gasteiger partial charge in [0.1, 0.15) is 0 Å². The summed E-state index contributed by atoms with van der Waals surface area (Å²) in [5.41, 5.74) is 0. The van der Waals surface area contributed by atoms with Crippen molar-refractivity contribution in [1.82, 2.24) is 0 Å². The molecule has 1 fully saturated rings. The van der Waals surface area contributed by atoms with Gasteiger partial charge in [0.15, 0.2) is 8.38 Å².